The van der Waals surface area contributed by atoms with Gasteiger partial charge in [0.15, 0.2) is 0 Å². The molecule has 4 rings (SSSR count). The van der Waals surface area contributed by atoms with E-state index >= 15 is 0 Å². The minimum absolute atomic E-state index is 0.142. The maximum absolute atomic E-state index is 12.7. The molecule has 0 radical (unpaired) electrons. The van der Waals surface area contributed by atoms with Crippen LogP contribution in [0.5, 0.6) is 5.75 Å². The van der Waals surface area contributed by atoms with Crippen LogP contribution >= 0.6 is 0 Å². The van der Waals surface area contributed by atoms with Gasteiger partial charge in [-0.25, -0.2) is 4.98 Å². The molecule has 0 spiro atoms. The minimum atomic E-state index is -0.142. The van der Waals surface area contributed by atoms with Gasteiger partial charge in [-0.15, -0.1) is 0 Å². The molecule has 1 aromatic heterocycles. The molecule has 1 aliphatic heterocycles. The Kier molecular flexibility index (Phi) is 4.98. The Morgan fingerprint density at radius 1 is 1.21 bits per heavy atom. The molecule has 0 saturated carbocycles. The van der Waals surface area contributed by atoms with Gasteiger partial charge in [0.05, 0.1) is 5.57 Å². The Bertz CT molecular complexity index is 1030. The number of carbonyl (C=O) groups excluding carboxylic acids is 1. The number of nitrogens with zero attached hydrogens (tertiary/aromatic N) is 2. The molecule has 2 aromatic carbocycles. The summed E-state index contributed by atoms with van der Waals surface area (Å²) in [6.07, 6.45) is 5.70. The summed E-state index contributed by atoms with van der Waals surface area (Å²) in [6, 6.07) is 15.6. The average Bonchev–Trinajstić information content (AvgIpc) is 3.16. The topological polar surface area (TPSA) is 56.2 Å². The molecule has 1 amide bonds. The van der Waals surface area contributed by atoms with Gasteiger partial charge < -0.3 is 14.6 Å². The third-order valence-corrected chi connectivity index (χ3v) is 4.73. The van der Waals surface area contributed by atoms with E-state index < -0.39 is 0 Å². The maximum atomic E-state index is 12.7. The predicted molar refractivity (Wildman–Crippen MR) is 110 cm³/mol. The van der Waals surface area contributed by atoms with Crippen molar-refractivity contribution in [1.82, 2.24) is 9.55 Å². The number of carbonyl (C=O) groups is 1. The van der Waals surface area contributed by atoms with Crippen molar-refractivity contribution < 1.29 is 9.53 Å². The Balaban J connectivity index is 1.49. The van der Waals surface area contributed by atoms with Crippen LogP contribution in [0.2, 0.25) is 0 Å². The van der Waals surface area contributed by atoms with Gasteiger partial charge in [-0.3, -0.25) is 4.79 Å². The monoisotopic (exact) mass is 373 g/mol. The lowest BCUT2D eigenvalue weighted by Gasteiger charge is -2.17. The molecule has 1 aliphatic rings. The second kappa shape index (κ2) is 7.72. The fraction of sp³-hybridized carbons (Fsp3) is 0.217. The molecule has 1 N–H and O–H groups in total. The Labute approximate surface area is 164 Å². The van der Waals surface area contributed by atoms with E-state index in [0.29, 0.717) is 11.5 Å². The van der Waals surface area contributed by atoms with Crippen molar-refractivity contribution in [2.45, 2.75) is 26.3 Å². The van der Waals surface area contributed by atoms with E-state index in [-0.39, 0.29) is 12.5 Å². The van der Waals surface area contributed by atoms with Crippen LogP contribution in [0.15, 0.2) is 66.5 Å². The molecule has 5 nitrogen and oxygen atoms in total. The Hall–Kier alpha value is -3.34. The van der Waals surface area contributed by atoms with Gasteiger partial charge in [0.25, 0.3) is 5.91 Å². The van der Waals surface area contributed by atoms with Crippen LogP contribution in [-0.2, 0) is 11.3 Å². The van der Waals surface area contributed by atoms with Crippen molar-refractivity contribution in [3.8, 4) is 5.75 Å². The summed E-state index contributed by atoms with van der Waals surface area (Å²) in [5.74, 6) is 2.08. The zero-order valence-corrected chi connectivity index (χ0v) is 16.1. The number of aromatic nitrogens is 2. The van der Waals surface area contributed by atoms with Gasteiger partial charge in [0, 0.05) is 36.1 Å². The number of para-hydroxylation sites is 1. The average molecular weight is 373 g/mol. The summed E-state index contributed by atoms with van der Waals surface area (Å²) in [5, 5.41) is 2.99. The number of nitrogens with one attached hydrogen (secondary N) is 1. The molecule has 0 unspecified atom stereocenters. The normalized spacial score (nSPS) is 12.9. The van der Waals surface area contributed by atoms with Gasteiger partial charge in [-0.1, -0.05) is 44.2 Å². The highest BCUT2D eigenvalue weighted by atomic mass is 16.5. The van der Waals surface area contributed by atoms with Crippen molar-refractivity contribution >= 4 is 17.7 Å². The van der Waals surface area contributed by atoms with Gasteiger partial charge in [0.1, 0.15) is 18.2 Å². The highest BCUT2D eigenvalue weighted by molar-refractivity contribution is 6.07. The number of benzene rings is 2. The first-order valence-electron chi connectivity index (χ1n) is 9.44. The van der Waals surface area contributed by atoms with E-state index in [1.54, 1.807) is 0 Å². The number of imidazole rings is 1. The molecular weight excluding hydrogens is 350 g/mol. The van der Waals surface area contributed by atoms with Crippen molar-refractivity contribution in [3.05, 3.63) is 83.4 Å². The van der Waals surface area contributed by atoms with Gasteiger partial charge in [-0.2, -0.15) is 0 Å². The zero-order chi connectivity index (χ0) is 19.5. The van der Waals surface area contributed by atoms with Crippen molar-refractivity contribution in [3.63, 3.8) is 0 Å². The number of hydrogen-bond donors (Lipinski definition) is 1. The predicted octanol–water partition coefficient (Wildman–Crippen LogP) is 4.47. The summed E-state index contributed by atoms with van der Waals surface area (Å²) in [5.41, 5.74) is 3.42. The first kappa shape index (κ1) is 18.0. The highest BCUT2D eigenvalue weighted by Crippen LogP contribution is 2.26. The quantitative estimate of drug-likeness (QED) is 0.718. The van der Waals surface area contributed by atoms with Crippen LogP contribution in [0.1, 0.15) is 36.7 Å². The number of anilines is 1. The molecule has 28 heavy (non-hydrogen) atoms. The van der Waals surface area contributed by atoms with E-state index in [4.69, 9.17) is 4.74 Å². The van der Waals surface area contributed by atoms with Crippen LogP contribution in [0.25, 0.3) is 6.08 Å². The minimum Gasteiger partial charge on any atom is -0.488 e. The second-order valence-corrected chi connectivity index (χ2v) is 7.22. The second-order valence-electron chi connectivity index (χ2n) is 7.22. The third-order valence-electron chi connectivity index (χ3n) is 4.73. The van der Waals surface area contributed by atoms with Gasteiger partial charge in [0.2, 0.25) is 0 Å². The van der Waals surface area contributed by atoms with E-state index in [1.807, 2.05) is 60.9 Å². The van der Waals surface area contributed by atoms with Crippen molar-refractivity contribution in [2.24, 2.45) is 0 Å². The first-order valence-corrected chi connectivity index (χ1v) is 9.44. The van der Waals surface area contributed by atoms with Crippen LogP contribution in [0.4, 0.5) is 5.69 Å². The van der Waals surface area contributed by atoms with Crippen LogP contribution in [-0.4, -0.2) is 22.1 Å². The summed E-state index contributed by atoms with van der Waals surface area (Å²) >= 11 is 0. The number of rotatable bonds is 5. The van der Waals surface area contributed by atoms with Crippen LogP contribution < -0.4 is 10.1 Å². The molecule has 142 valence electrons. The largest absolute Gasteiger partial charge is 0.488 e. The fourth-order valence-corrected chi connectivity index (χ4v) is 3.36. The van der Waals surface area contributed by atoms with E-state index in [2.05, 4.69) is 34.8 Å². The fourth-order valence-electron chi connectivity index (χ4n) is 3.36. The van der Waals surface area contributed by atoms with E-state index in [0.717, 1.165) is 34.9 Å². The summed E-state index contributed by atoms with van der Waals surface area (Å²) in [4.78, 5) is 17.1. The zero-order valence-electron chi connectivity index (χ0n) is 16.1. The molecule has 5 heteroatoms. The Morgan fingerprint density at radius 2 is 2.07 bits per heavy atom. The first-order chi connectivity index (χ1) is 13.6. The molecule has 2 heterocycles. The van der Waals surface area contributed by atoms with Crippen molar-refractivity contribution in [1.29, 1.82) is 0 Å². The number of hydrogen-bond acceptors (Lipinski definition) is 3. The van der Waals surface area contributed by atoms with Crippen molar-refractivity contribution in [2.75, 3.05) is 11.9 Å². The molecule has 0 saturated heterocycles. The molecule has 0 bridgehead atoms. The molecule has 3 aromatic rings. The number of fused-ring (bicyclic) bond motifs is 1. The molecule has 0 atom stereocenters. The lowest BCUT2D eigenvalue weighted by atomic mass is 10.1. The standard InChI is InChI=1S/C23H23N3O2/c1-16(2)22-24-10-11-26(22)14-17-6-5-8-20(12-17)25-23(27)19-13-18-7-3-4-9-21(18)28-15-19/h3-13,16H,14-15H2,1-2H3,(H,25,27). The van der Waals surface area contributed by atoms with Gasteiger partial charge in [-0.05, 0) is 29.8 Å². The lowest BCUT2D eigenvalue weighted by Crippen LogP contribution is -2.21. The molecular formula is C23H23N3O2. The van der Waals surface area contributed by atoms with E-state index in [9.17, 15) is 4.79 Å². The van der Waals surface area contributed by atoms with Crippen LogP contribution in [0.3, 0.4) is 0 Å². The van der Waals surface area contributed by atoms with Crippen LogP contribution in [0, 0.1) is 0 Å². The summed E-state index contributed by atoms with van der Waals surface area (Å²) in [6.45, 7) is 5.26. The summed E-state index contributed by atoms with van der Waals surface area (Å²) in [7, 11) is 0. The van der Waals surface area contributed by atoms with E-state index in [1.165, 1.54) is 0 Å². The molecule has 0 fully saturated rings. The highest BCUT2D eigenvalue weighted by Gasteiger charge is 2.17. The Morgan fingerprint density at radius 3 is 2.93 bits per heavy atom. The lowest BCUT2D eigenvalue weighted by molar-refractivity contribution is -0.113. The summed E-state index contributed by atoms with van der Waals surface area (Å²) < 4.78 is 7.82. The third kappa shape index (κ3) is 3.83. The number of amides is 1. The molecule has 0 aliphatic carbocycles. The SMILES string of the molecule is CC(C)c1nccn1Cc1cccc(NC(=O)C2=Cc3ccccc3OC2)c1. The van der Waals surface area contributed by atoms with Gasteiger partial charge >= 0.3 is 0 Å². The maximum Gasteiger partial charge on any atom is 0.255 e. The number of ether oxygens (including phenoxy) is 1. The smallest absolute Gasteiger partial charge is 0.255 e.